The van der Waals surface area contributed by atoms with Gasteiger partial charge in [-0.1, -0.05) is 0 Å². The van der Waals surface area contributed by atoms with Crippen molar-refractivity contribution in [2.24, 2.45) is 10.2 Å². The highest BCUT2D eigenvalue weighted by molar-refractivity contribution is 5.89. The normalized spacial score (nSPS) is 10.8. The van der Waals surface area contributed by atoms with E-state index in [4.69, 9.17) is 4.74 Å². The number of carbonyl (C=O) groups is 1. The summed E-state index contributed by atoms with van der Waals surface area (Å²) < 4.78 is 5.10. The van der Waals surface area contributed by atoms with Crippen molar-refractivity contribution in [1.82, 2.24) is 15.0 Å². The topological polar surface area (TPSA) is 110 Å². The van der Waals surface area contributed by atoms with Gasteiger partial charge in [0.25, 0.3) is 0 Å². The highest BCUT2D eigenvalue weighted by Gasteiger charge is 2.10. The Labute approximate surface area is 149 Å². The van der Waals surface area contributed by atoms with Gasteiger partial charge in [0.15, 0.2) is 5.75 Å². The molecule has 3 rings (SSSR count). The van der Waals surface area contributed by atoms with E-state index in [1.165, 1.54) is 31.0 Å². The minimum atomic E-state index is -0.618. The van der Waals surface area contributed by atoms with E-state index >= 15 is 0 Å². The number of phenolic OH excluding ortho intramolecular Hbond substituents is 1. The molecule has 130 valence electrons. The first-order valence-electron chi connectivity index (χ1n) is 7.68. The Balaban J connectivity index is 1.70. The lowest BCUT2D eigenvalue weighted by Gasteiger charge is -2.04. The number of hydrogen-bond acceptors (Lipinski definition) is 8. The molecule has 0 saturated carbocycles. The van der Waals surface area contributed by atoms with Crippen LogP contribution in [0.15, 0.2) is 59.4 Å². The van der Waals surface area contributed by atoms with E-state index in [1.54, 1.807) is 32.0 Å². The molecule has 0 atom stereocenters. The Morgan fingerprint density at radius 3 is 2.27 bits per heavy atom. The zero-order chi connectivity index (χ0) is 18.5. The lowest BCUT2D eigenvalue weighted by atomic mass is 10.1. The van der Waals surface area contributed by atoms with Crippen LogP contribution in [-0.2, 0) is 0 Å². The molecule has 2 aromatic heterocycles. The second-order valence-corrected chi connectivity index (χ2v) is 5.49. The van der Waals surface area contributed by atoms with Crippen LogP contribution in [0.1, 0.15) is 21.6 Å². The summed E-state index contributed by atoms with van der Waals surface area (Å²) in [4.78, 5) is 23.5. The fourth-order valence-electron chi connectivity index (χ4n) is 2.17. The van der Waals surface area contributed by atoms with Gasteiger partial charge in [-0.15, -0.1) is 5.11 Å². The Bertz CT molecular complexity index is 933. The van der Waals surface area contributed by atoms with Crippen LogP contribution in [-0.4, -0.2) is 26.0 Å². The number of azo groups is 1. The number of aryl methyl sites for hydroxylation is 2. The molecule has 3 aromatic rings. The molecule has 26 heavy (non-hydrogen) atoms. The summed E-state index contributed by atoms with van der Waals surface area (Å²) in [6.45, 7) is 3.59. The van der Waals surface area contributed by atoms with Gasteiger partial charge in [-0.2, -0.15) is 5.11 Å². The van der Waals surface area contributed by atoms with Crippen LogP contribution in [0.5, 0.6) is 11.5 Å². The number of aromatic hydroxyl groups is 1. The number of pyridine rings is 1. The van der Waals surface area contributed by atoms with E-state index in [-0.39, 0.29) is 17.2 Å². The third-order valence-electron chi connectivity index (χ3n) is 3.46. The third kappa shape index (κ3) is 4.04. The molecule has 1 N–H and O–H groups in total. The predicted molar refractivity (Wildman–Crippen MR) is 93.0 cm³/mol. The lowest BCUT2D eigenvalue weighted by molar-refractivity contribution is 0.0727. The Kier molecular flexibility index (Phi) is 4.93. The van der Waals surface area contributed by atoms with Gasteiger partial charge < -0.3 is 9.84 Å². The smallest absolute Gasteiger partial charge is 0.362 e. The molecule has 0 aliphatic heterocycles. The number of rotatable bonds is 4. The molecule has 0 amide bonds. The maximum atomic E-state index is 12.0. The molecular weight excluding hydrogens is 334 g/mol. The SMILES string of the molecule is Cc1cc(/N=N/c2ccc(C(=O)Oc3cncnc3)nc2)cc(C)c1O. The molecule has 0 bridgehead atoms. The van der Waals surface area contributed by atoms with Gasteiger partial charge in [0, 0.05) is 0 Å². The molecule has 0 spiro atoms. The number of aromatic nitrogens is 3. The van der Waals surface area contributed by atoms with Crippen molar-refractivity contribution >= 4 is 17.3 Å². The van der Waals surface area contributed by atoms with E-state index in [1.807, 2.05) is 0 Å². The third-order valence-corrected chi connectivity index (χ3v) is 3.46. The number of ether oxygens (including phenoxy) is 1. The van der Waals surface area contributed by atoms with Gasteiger partial charge in [0.2, 0.25) is 0 Å². The van der Waals surface area contributed by atoms with Gasteiger partial charge in [-0.25, -0.2) is 19.7 Å². The van der Waals surface area contributed by atoms with Crippen molar-refractivity contribution in [2.45, 2.75) is 13.8 Å². The van der Waals surface area contributed by atoms with Crippen LogP contribution < -0.4 is 4.74 Å². The lowest BCUT2D eigenvalue weighted by Crippen LogP contribution is -2.10. The minimum absolute atomic E-state index is 0.129. The Hall–Kier alpha value is -3.68. The summed E-state index contributed by atoms with van der Waals surface area (Å²) in [5, 5.41) is 18.0. The van der Waals surface area contributed by atoms with E-state index in [9.17, 15) is 9.90 Å². The van der Waals surface area contributed by atoms with E-state index in [0.717, 1.165) is 11.1 Å². The number of hydrogen-bond donors (Lipinski definition) is 1. The maximum Gasteiger partial charge on any atom is 0.362 e. The molecule has 8 heteroatoms. The largest absolute Gasteiger partial charge is 0.507 e. The zero-order valence-electron chi connectivity index (χ0n) is 14.1. The Morgan fingerprint density at radius 1 is 1.00 bits per heavy atom. The van der Waals surface area contributed by atoms with Crippen molar-refractivity contribution in [2.75, 3.05) is 0 Å². The summed E-state index contributed by atoms with van der Waals surface area (Å²) in [6.07, 6.45) is 5.53. The van der Waals surface area contributed by atoms with Gasteiger partial charge >= 0.3 is 5.97 Å². The molecule has 2 heterocycles. The Morgan fingerprint density at radius 2 is 1.65 bits per heavy atom. The summed E-state index contributed by atoms with van der Waals surface area (Å²) in [5.74, 6) is -0.133. The summed E-state index contributed by atoms with van der Waals surface area (Å²) in [6, 6.07) is 6.56. The summed E-state index contributed by atoms with van der Waals surface area (Å²) in [5.41, 5.74) is 2.67. The molecular formula is C18H15N5O3. The first kappa shape index (κ1) is 17.2. The van der Waals surface area contributed by atoms with Crippen LogP contribution in [0.4, 0.5) is 11.4 Å². The molecule has 0 unspecified atom stereocenters. The van der Waals surface area contributed by atoms with Gasteiger partial charge in [0.1, 0.15) is 23.5 Å². The molecule has 8 nitrogen and oxygen atoms in total. The first-order chi connectivity index (χ1) is 12.5. The summed E-state index contributed by atoms with van der Waals surface area (Å²) >= 11 is 0. The van der Waals surface area contributed by atoms with Crippen LogP contribution in [0.3, 0.4) is 0 Å². The number of nitrogens with zero attached hydrogens (tertiary/aromatic N) is 5. The second kappa shape index (κ2) is 7.47. The average Bonchev–Trinajstić information content (AvgIpc) is 2.65. The second-order valence-electron chi connectivity index (χ2n) is 5.49. The van der Waals surface area contributed by atoms with Crippen molar-refractivity contribution in [3.05, 3.63) is 66.0 Å². The van der Waals surface area contributed by atoms with Crippen LogP contribution in [0, 0.1) is 13.8 Å². The molecule has 0 aliphatic carbocycles. The highest BCUT2D eigenvalue weighted by Crippen LogP contribution is 2.28. The number of phenols is 1. The van der Waals surface area contributed by atoms with Crippen molar-refractivity contribution in [3.63, 3.8) is 0 Å². The fourth-order valence-corrected chi connectivity index (χ4v) is 2.17. The number of esters is 1. The first-order valence-corrected chi connectivity index (χ1v) is 7.68. The average molecular weight is 349 g/mol. The summed E-state index contributed by atoms with van der Waals surface area (Å²) in [7, 11) is 0. The van der Waals surface area contributed by atoms with Crippen LogP contribution in [0.25, 0.3) is 0 Å². The van der Waals surface area contributed by atoms with Gasteiger partial charge in [0.05, 0.1) is 24.3 Å². The maximum absolute atomic E-state index is 12.0. The van der Waals surface area contributed by atoms with Crippen molar-refractivity contribution in [3.8, 4) is 11.5 Å². The van der Waals surface area contributed by atoms with Gasteiger partial charge in [-0.3, -0.25) is 0 Å². The monoisotopic (exact) mass is 349 g/mol. The molecule has 0 saturated heterocycles. The van der Waals surface area contributed by atoms with E-state index in [2.05, 4.69) is 25.2 Å². The highest BCUT2D eigenvalue weighted by atomic mass is 16.5. The van der Waals surface area contributed by atoms with Crippen LogP contribution >= 0.6 is 0 Å². The molecule has 0 fully saturated rings. The van der Waals surface area contributed by atoms with Crippen molar-refractivity contribution in [1.29, 1.82) is 0 Å². The number of carbonyl (C=O) groups excluding carboxylic acids is 1. The minimum Gasteiger partial charge on any atom is -0.507 e. The molecule has 0 aliphatic rings. The predicted octanol–water partition coefficient (Wildman–Crippen LogP) is 3.83. The fraction of sp³-hybridized carbons (Fsp3) is 0.111. The zero-order valence-corrected chi connectivity index (χ0v) is 14.1. The van der Waals surface area contributed by atoms with E-state index < -0.39 is 5.97 Å². The molecule has 1 aromatic carbocycles. The van der Waals surface area contributed by atoms with Crippen molar-refractivity contribution < 1.29 is 14.6 Å². The standard InChI is InChI=1S/C18H15N5O3/c1-11-5-14(6-12(2)17(11)24)23-22-13-3-4-16(21-7-13)18(25)26-15-8-19-10-20-9-15/h3-10,24H,1-2H3/b23-22+. The van der Waals surface area contributed by atoms with Gasteiger partial charge in [-0.05, 0) is 49.2 Å². The van der Waals surface area contributed by atoms with Crippen LogP contribution in [0.2, 0.25) is 0 Å². The van der Waals surface area contributed by atoms with E-state index in [0.29, 0.717) is 11.4 Å². The quantitative estimate of drug-likeness (QED) is 0.566. The number of benzene rings is 1. The molecule has 0 radical (unpaired) electrons.